The van der Waals surface area contributed by atoms with Crippen molar-refractivity contribution in [3.05, 3.63) is 115 Å². The molecule has 0 unspecified atom stereocenters. The van der Waals surface area contributed by atoms with Gasteiger partial charge in [-0.2, -0.15) is 15.1 Å². The van der Waals surface area contributed by atoms with Gasteiger partial charge >= 0.3 is 0 Å². The lowest BCUT2D eigenvalue weighted by Gasteiger charge is -2.27. The molecule has 0 saturated carbocycles. The van der Waals surface area contributed by atoms with Gasteiger partial charge in [-0.1, -0.05) is 19.9 Å². The highest BCUT2D eigenvalue weighted by atomic mass is 19.1. The SMILES string of the molecule is CNC(=O)c1c(F)cccc1Nc1nc(Nc2cc3c(cc2OC)CCN3C(=O)CN(C)C)nc2[nH]ccc12.COc1cc(OC)cc(N(CCNC(C)C)c2ccc3ncc(-c4cnn(C)c4)nc3c2)c1. The second kappa shape index (κ2) is 22.2. The van der Waals surface area contributed by atoms with E-state index in [0.717, 1.165) is 75.9 Å². The first kappa shape index (κ1) is 50.0. The Labute approximate surface area is 416 Å². The minimum atomic E-state index is -0.659. The summed E-state index contributed by atoms with van der Waals surface area (Å²) >= 11 is 0. The second-order valence-electron chi connectivity index (χ2n) is 17.5. The van der Waals surface area contributed by atoms with Gasteiger partial charge in [-0.05, 0) is 74.6 Å². The van der Waals surface area contributed by atoms with Gasteiger partial charge < -0.3 is 55.2 Å². The maximum atomic E-state index is 14.6. The van der Waals surface area contributed by atoms with E-state index >= 15 is 0 Å². The van der Waals surface area contributed by atoms with E-state index in [4.69, 9.17) is 19.2 Å². The van der Waals surface area contributed by atoms with Crippen LogP contribution in [0.4, 0.5) is 44.6 Å². The van der Waals surface area contributed by atoms with Crippen LogP contribution in [0.25, 0.3) is 33.3 Å². The summed E-state index contributed by atoms with van der Waals surface area (Å²) < 4.78 is 33.0. The minimum absolute atomic E-state index is 0.00687. The van der Waals surface area contributed by atoms with E-state index in [1.54, 1.807) is 61.6 Å². The highest BCUT2D eigenvalue weighted by Gasteiger charge is 2.27. The third-order valence-corrected chi connectivity index (χ3v) is 11.8. The number of aryl methyl sites for hydroxylation is 1. The number of fused-ring (bicyclic) bond motifs is 3. The Balaban J connectivity index is 0.000000195. The van der Waals surface area contributed by atoms with E-state index < -0.39 is 11.7 Å². The van der Waals surface area contributed by atoms with Crippen LogP contribution < -0.4 is 45.3 Å². The highest BCUT2D eigenvalue weighted by Crippen LogP contribution is 2.39. The predicted molar refractivity (Wildman–Crippen MR) is 279 cm³/mol. The molecule has 4 aromatic heterocycles. The fourth-order valence-corrected chi connectivity index (χ4v) is 8.30. The van der Waals surface area contributed by atoms with E-state index in [-0.39, 0.29) is 23.1 Å². The van der Waals surface area contributed by atoms with E-state index in [0.29, 0.717) is 47.4 Å². The topological polar surface area (TPSA) is 205 Å². The molecule has 2 amide bonds. The molecule has 19 nitrogen and oxygen atoms in total. The van der Waals surface area contributed by atoms with Crippen molar-refractivity contribution in [3.8, 4) is 28.5 Å². The number of carbonyl (C=O) groups is 2. The fourth-order valence-electron chi connectivity index (χ4n) is 8.30. The summed E-state index contributed by atoms with van der Waals surface area (Å²) in [6.07, 6.45) is 7.96. The Morgan fingerprint density at radius 3 is 2.36 bits per heavy atom. The molecule has 0 atom stereocenters. The third kappa shape index (κ3) is 11.3. The Morgan fingerprint density at radius 1 is 0.875 bits per heavy atom. The number of anilines is 7. The molecule has 0 saturated heterocycles. The molecular weight excluding hydrogens is 920 g/mol. The average Bonchev–Trinajstić information content (AvgIpc) is 4.14. The molecule has 20 heteroatoms. The van der Waals surface area contributed by atoms with Crippen LogP contribution in [0.2, 0.25) is 0 Å². The number of H-pyrrole nitrogens is 1. The number of halogens is 1. The molecule has 4 aromatic carbocycles. The number of aromatic amines is 1. The molecule has 9 rings (SSSR count). The summed E-state index contributed by atoms with van der Waals surface area (Å²) in [6.45, 7) is 6.75. The largest absolute Gasteiger partial charge is 0.497 e. The first-order valence-corrected chi connectivity index (χ1v) is 23.3. The summed E-state index contributed by atoms with van der Waals surface area (Å²) in [7, 11) is 11.9. The van der Waals surface area contributed by atoms with Crippen molar-refractivity contribution < 1.29 is 28.2 Å². The summed E-state index contributed by atoms with van der Waals surface area (Å²) in [4.78, 5) is 52.8. The fraction of sp³-hybridized carbons (Fsp3) is 0.288. The number of methoxy groups -OCH3 is 3. The first-order valence-electron chi connectivity index (χ1n) is 23.3. The number of likely N-dealkylation sites (N-methyl/N-ethyl adjacent to an activating group) is 1. The van der Waals surface area contributed by atoms with Crippen LogP contribution in [0.1, 0.15) is 29.8 Å². The number of ether oxygens (including phenoxy) is 3. The van der Waals surface area contributed by atoms with E-state index in [1.165, 1.54) is 19.2 Å². The van der Waals surface area contributed by atoms with Gasteiger partial charge in [0.25, 0.3) is 5.91 Å². The summed E-state index contributed by atoms with van der Waals surface area (Å²) in [5.41, 5.74) is 8.45. The quantitative estimate of drug-likeness (QED) is 0.0597. The van der Waals surface area contributed by atoms with Crippen molar-refractivity contribution >= 4 is 74.1 Å². The highest BCUT2D eigenvalue weighted by molar-refractivity contribution is 6.02. The predicted octanol–water partition coefficient (Wildman–Crippen LogP) is 7.59. The molecule has 0 bridgehead atoms. The lowest BCUT2D eigenvalue weighted by Crippen LogP contribution is -2.36. The zero-order chi connectivity index (χ0) is 51.1. The number of carbonyl (C=O) groups excluding carboxylic acids is 2. The summed E-state index contributed by atoms with van der Waals surface area (Å²) in [5.74, 6) is 1.43. The van der Waals surface area contributed by atoms with Crippen molar-refractivity contribution in [3.63, 3.8) is 0 Å². The van der Waals surface area contributed by atoms with Gasteiger partial charge in [0.2, 0.25) is 11.9 Å². The Bertz CT molecular complexity index is 3210. The number of nitrogens with one attached hydrogen (secondary N) is 5. The smallest absolute Gasteiger partial charge is 0.256 e. The van der Waals surface area contributed by atoms with Crippen LogP contribution in [0.15, 0.2) is 97.6 Å². The molecule has 8 aromatic rings. The minimum Gasteiger partial charge on any atom is -0.497 e. The number of aromatic nitrogens is 7. The van der Waals surface area contributed by atoms with Crippen LogP contribution >= 0.6 is 0 Å². The normalized spacial score (nSPS) is 11.9. The maximum Gasteiger partial charge on any atom is 0.256 e. The van der Waals surface area contributed by atoms with Crippen LogP contribution in [0.3, 0.4) is 0 Å². The molecule has 1 aliphatic rings. The zero-order valence-electron chi connectivity index (χ0n) is 41.8. The second-order valence-corrected chi connectivity index (χ2v) is 17.5. The molecule has 0 spiro atoms. The Kier molecular flexibility index (Phi) is 15.4. The monoisotopic (exact) mass is 978 g/mol. The molecule has 5 N–H and O–H groups in total. The third-order valence-electron chi connectivity index (χ3n) is 11.8. The molecular formula is C52H59FN14O5. The molecule has 72 heavy (non-hydrogen) atoms. The lowest BCUT2D eigenvalue weighted by molar-refractivity contribution is -0.119. The number of rotatable bonds is 17. The van der Waals surface area contributed by atoms with Gasteiger partial charge in [-0.15, -0.1) is 0 Å². The number of benzene rings is 4. The van der Waals surface area contributed by atoms with Crippen LogP contribution in [0.5, 0.6) is 17.2 Å². The molecule has 5 heterocycles. The van der Waals surface area contributed by atoms with Gasteiger partial charge in [0.15, 0.2) is 0 Å². The maximum absolute atomic E-state index is 14.6. The first-order chi connectivity index (χ1) is 34.7. The van der Waals surface area contributed by atoms with Gasteiger partial charge in [-0.3, -0.25) is 19.3 Å². The molecule has 0 aliphatic carbocycles. The molecule has 1 aliphatic heterocycles. The van der Waals surface area contributed by atoms with Crippen LogP contribution in [-0.2, 0) is 18.3 Å². The summed E-state index contributed by atoms with van der Waals surface area (Å²) in [6, 6.07) is 22.3. The van der Waals surface area contributed by atoms with Crippen LogP contribution in [0, 0.1) is 5.82 Å². The van der Waals surface area contributed by atoms with E-state index in [2.05, 4.69) is 77.2 Å². The summed E-state index contributed by atoms with van der Waals surface area (Å²) in [5, 5.41) is 17.2. The lowest BCUT2D eigenvalue weighted by atomic mass is 10.1. The number of hydrogen-bond donors (Lipinski definition) is 5. The van der Waals surface area contributed by atoms with Crippen molar-refractivity contribution in [1.82, 2.24) is 50.2 Å². The van der Waals surface area contributed by atoms with Gasteiger partial charge in [0, 0.05) is 93.0 Å². The van der Waals surface area contributed by atoms with Gasteiger partial charge in [0.1, 0.15) is 34.5 Å². The molecule has 374 valence electrons. The van der Waals surface area contributed by atoms with Crippen molar-refractivity contribution in [1.29, 1.82) is 0 Å². The molecule has 0 radical (unpaired) electrons. The van der Waals surface area contributed by atoms with E-state index in [9.17, 15) is 14.0 Å². The number of amides is 2. The zero-order valence-corrected chi connectivity index (χ0v) is 41.8. The molecule has 0 fully saturated rings. The van der Waals surface area contributed by atoms with E-state index in [1.807, 2.05) is 68.6 Å². The Morgan fingerprint density at radius 2 is 1.67 bits per heavy atom. The van der Waals surface area contributed by atoms with Crippen molar-refractivity contribution in [2.24, 2.45) is 7.05 Å². The Hall–Kier alpha value is -8.36. The van der Waals surface area contributed by atoms with Crippen molar-refractivity contribution in [2.45, 2.75) is 26.3 Å². The van der Waals surface area contributed by atoms with Gasteiger partial charge in [0.05, 0.1) is 79.3 Å². The van der Waals surface area contributed by atoms with Crippen LogP contribution in [-0.4, -0.2) is 126 Å². The standard InChI is InChI=1S/C27H29FN8O3.C25H30N6O2/c1-29-26(38)23-17(28)6-5-7-18(23)31-25-16-8-10-30-24(16)33-27(34-25)32-19-13-20-15(12-21(19)39-4)9-11-36(20)22(37)14-35(2)3;1-17(2)26-8-9-31(20-10-21(32-4)13-22(11-20)33-5)19-6-7-23-24(12-19)29-25(15-27-23)18-14-28-30(3)16-18/h5-8,10,12-13H,9,11,14H2,1-4H3,(H,29,38)(H3,30,31,32,33,34);6-7,10-17,26H,8-9H2,1-5H3. The van der Waals surface area contributed by atoms with Gasteiger partial charge in [-0.25, -0.2) is 9.37 Å². The average molecular weight is 979 g/mol. The van der Waals surface area contributed by atoms with Crippen molar-refractivity contribution in [2.75, 3.05) is 89.1 Å². The number of hydrogen-bond acceptors (Lipinski definition) is 15. The number of nitrogens with zero attached hydrogens (tertiary/aromatic N) is 9.